The Balaban J connectivity index is 2.13. The molecule has 0 aliphatic rings. The first-order valence-electron chi connectivity index (χ1n) is 5.18. The SMILES string of the molecule is Nc1ccc2c(Br)nc(Cc3cccs3)n2c1. The normalized spacial score (nSPS) is 11.1. The zero-order valence-electron chi connectivity index (χ0n) is 8.93. The molecule has 0 bridgehead atoms. The molecule has 17 heavy (non-hydrogen) atoms. The molecule has 0 saturated heterocycles. The minimum absolute atomic E-state index is 0.745. The van der Waals surface area contributed by atoms with Gasteiger partial charge in [-0.2, -0.15) is 0 Å². The standard InChI is InChI=1S/C12H10BrN3S/c13-12-10-4-3-8(14)7-16(10)11(15-12)6-9-2-1-5-17-9/h1-5,7H,6,14H2. The third-order valence-corrected chi connectivity index (χ3v) is 4.06. The van der Waals surface area contributed by atoms with E-state index in [1.165, 1.54) is 4.88 Å². The largest absolute Gasteiger partial charge is 0.398 e. The molecular formula is C12H10BrN3S. The summed E-state index contributed by atoms with van der Waals surface area (Å²) in [5.74, 6) is 1.00. The maximum Gasteiger partial charge on any atom is 0.132 e. The van der Waals surface area contributed by atoms with Gasteiger partial charge in [-0.15, -0.1) is 11.3 Å². The van der Waals surface area contributed by atoms with Crippen LogP contribution in [0.4, 0.5) is 5.69 Å². The lowest BCUT2D eigenvalue weighted by Gasteiger charge is -2.00. The average Bonchev–Trinajstić information content (AvgIpc) is 2.89. The van der Waals surface area contributed by atoms with Crippen molar-refractivity contribution in [1.29, 1.82) is 0 Å². The number of rotatable bonds is 2. The van der Waals surface area contributed by atoms with Crippen molar-refractivity contribution >= 4 is 38.5 Å². The first kappa shape index (κ1) is 10.8. The molecule has 0 amide bonds. The quantitative estimate of drug-likeness (QED) is 0.789. The van der Waals surface area contributed by atoms with Crippen LogP contribution in [0, 0.1) is 0 Å². The molecule has 3 heterocycles. The van der Waals surface area contributed by atoms with Crippen LogP contribution >= 0.6 is 27.3 Å². The number of hydrogen-bond donors (Lipinski definition) is 1. The monoisotopic (exact) mass is 307 g/mol. The Hall–Kier alpha value is -1.33. The number of nitrogens with zero attached hydrogens (tertiary/aromatic N) is 2. The molecule has 0 atom stereocenters. The second kappa shape index (κ2) is 4.16. The highest BCUT2D eigenvalue weighted by molar-refractivity contribution is 9.10. The minimum Gasteiger partial charge on any atom is -0.398 e. The lowest BCUT2D eigenvalue weighted by Crippen LogP contribution is -1.96. The minimum atomic E-state index is 0.745. The van der Waals surface area contributed by atoms with Gasteiger partial charge in [0.15, 0.2) is 0 Å². The van der Waals surface area contributed by atoms with Gasteiger partial charge < -0.3 is 10.1 Å². The van der Waals surface area contributed by atoms with Gasteiger partial charge in [-0.25, -0.2) is 4.98 Å². The van der Waals surface area contributed by atoms with Gasteiger partial charge in [-0.1, -0.05) is 6.07 Å². The van der Waals surface area contributed by atoms with Crippen LogP contribution in [0.1, 0.15) is 10.7 Å². The number of thiophene rings is 1. The van der Waals surface area contributed by atoms with Crippen LogP contribution in [0.3, 0.4) is 0 Å². The second-order valence-electron chi connectivity index (χ2n) is 3.79. The van der Waals surface area contributed by atoms with Gasteiger partial charge in [-0.05, 0) is 39.5 Å². The Morgan fingerprint density at radius 1 is 1.35 bits per heavy atom. The predicted molar refractivity (Wildman–Crippen MR) is 74.4 cm³/mol. The zero-order valence-corrected chi connectivity index (χ0v) is 11.3. The summed E-state index contributed by atoms with van der Waals surface area (Å²) < 4.78 is 2.91. The molecule has 0 unspecified atom stereocenters. The number of halogens is 1. The number of fused-ring (bicyclic) bond motifs is 1. The van der Waals surface area contributed by atoms with E-state index in [0.29, 0.717) is 0 Å². The third kappa shape index (κ3) is 1.96. The Labute approximate surface area is 111 Å². The molecule has 0 saturated carbocycles. The Morgan fingerprint density at radius 2 is 2.24 bits per heavy atom. The van der Waals surface area contributed by atoms with Crippen molar-refractivity contribution in [2.24, 2.45) is 0 Å². The van der Waals surface area contributed by atoms with Crippen LogP contribution in [-0.2, 0) is 6.42 Å². The van der Waals surface area contributed by atoms with Crippen molar-refractivity contribution in [1.82, 2.24) is 9.38 Å². The Morgan fingerprint density at radius 3 is 3.00 bits per heavy atom. The summed E-state index contributed by atoms with van der Waals surface area (Å²) in [7, 11) is 0. The van der Waals surface area contributed by atoms with Crippen LogP contribution in [0.5, 0.6) is 0 Å². The molecule has 3 nitrogen and oxygen atoms in total. The maximum absolute atomic E-state index is 5.81. The van der Waals surface area contributed by atoms with Gasteiger partial charge in [0.2, 0.25) is 0 Å². The molecule has 3 aromatic heterocycles. The molecule has 2 N–H and O–H groups in total. The van der Waals surface area contributed by atoms with E-state index < -0.39 is 0 Å². The van der Waals surface area contributed by atoms with Gasteiger partial charge in [0.25, 0.3) is 0 Å². The van der Waals surface area contributed by atoms with Gasteiger partial charge in [0, 0.05) is 23.2 Å². The molecule has 3 rings (SSSR count). The van der Waals surface area contributed by atoms with Gasteiger partial charge in [0.05, 0.1) is 5.52 Å². The highest BCUT2D eigenvalue weighted by Crippen LogP contribution is 2.23. The fourth-order valence-electron chi connectivity index (χ4n) is 1.82. The van der Waals surface area contributed by atoms with Crippen LogP contribution in [0.2, 0.25) is 0 Å². The number of anilines is 1. The smallest absolute Gasteiger partial charge is 0.132 e. The lowest BCUT2D eigenvalue weighted by atomic mass is 10.3. The van der Waals surface area contributed by atoms with Crippen molar-refractivity contribution in [3.8, 4) is 0 Å². The molecule has 0 aliphatic heterocycles. The first-order chi connectivity index (χ1) is 8.24. The van der Waals surface area contributed by atoms with Gasteiger partial charge in [-0.3, -0.25) is 0 Å². The number of imidazole rings is 1. The van der Waals surface area contributed by atoms with E-state index in [-0.39, 0.29) is 0 Å². The average molecular weight is 308 g/mol. The molecule has 0 fully saturated rings. The number of nitrogens with two attached hydrogens (primary N) is 1. The molecule has 0 aromatic carbocycles. The van der Waals surface area contributed by atoms with E-state index in [2.05, 4.69) is 38.4 Å². The van der Waals surface area contributed by atoms with Crippen LogP contribution < -0.4 is 5.73 Å². The lowest BCUT2D eigenvalue weighted by molar-refractivity contribution is 0.972. The predicted octanol–water partition coefficient (Wildman–Crippen LogP) is 3.33. The van der Waals surface area contributed by atoms with E-state index in [9.17, 15) is 0 Å². The number of aromatic nitrogens is 2. The first-order valence-corrected chi connectivity index (χ1v) is 6.85. The van der Waals surface area contributed by atoms with Gasteiger partial charge >= 0.3 is 0 Å². The molecular weight excluding hydrogens is 298 g/mol. The van der Waals surface area contributed by atoms with E-state index in [1.807, 2.05) is 22.7 Å². The van der Waals surface area contributed by atoms with Gasteiger partial charge in [0.1, 0.15) is 10.4 Å². The highest BCUT2D eigenvalue weighted by Gasteiger charge is 2.10. The number of hydrogen-bond acceptors (Lipinski definition) is 3. The molecule has 0 radical (unpaired) electrons. The topological polar surface area (TPSA) is 43.3 Å². The van der Waals surface area contributed by atoms with Crippen molar-refractivity contribution in [2.45, 2.75) is 6.42 Å². The fraction of sp³-hybridized carbons (Fsp3) is 0.0833. The maximum atomic E-state index is 5.81. The summed E-state index contributed by atoms with van der Waals surface area (Å²) in [5.41, 5.74) is 7.61. The van der Waals surface area contributed by atoms with Crippen molar-refractivity contribution in [3.63, 3.8) is 0 Å². The molecule has 5 heteroatoms. The summed E-state index contributed by atoms with van der Waals surface area (Å²) in [6.07, 6.45) is 2.74. The van der Waals surface area contributed by atoms with E-state index in [1.54, 1.807) is 11.3 Å². The summed E-state index contributed by atoms with van der Waals surface area (Å²) in [6.45, 7) is 0. The summed E-state index contributed by atoms with van der Waals surface area (Å²) in [5, 5.41) is 2.08. The molecule has 3 aromatic rings. The van der Waals surface area contributed by atoms with Crippen LogP contribution in [0.25, 0.3) is 5.52 Å². The zero-order chi connectivity index (χ0) is 11.8. The number of nitrogen functional groups attached to an aromatic ring is 1. The second-order valence-corrected chi connectivity index (χ2v) is 5.58. The van der Waals surface area contributed by atoms with E-state index in [4.69, 9.17) is 5.73 Å². The van der Waals surface area contributed by atoms with E-state index >= 15 is 0 Å². The summed E-state index contributed by atoms with van der Waals surface area (Å²) in [4.78, 5) is 5.83. The summed E-state index contributed by atoms with van der Waals surface area (Å²) in [6, 6.07) is 8.03. The Kier molecular flexibility index (Phi) is 2.64. The number of pyridine rings is 1. The van der Waals surface area contributed by atoms with Crippen molar-refractivity contribution in [2.75, 3.05) is 5.73 Å². The summed E-state index contributed by atoms with van der Waals surface area (Å²) >= 11 is 5.22. The Bertz CT molecular complexity index is 658. The fourth-order valence-corrected chi connectivity index (χ4v) is 3.05. The molecule has 0 aliphatic carbocycles. The van der Waals surface area contributed by atoms with Crippen molar-refractivity contribution in [3.05, 3.63) is 51.1 Å². The molecule has 0 spiro atoms. The van der Waals surface area contributed by atoms with Crippen LogP contribution in [0.15, 0.2) is 40.4 Å². The van der Waals surface area contributed by atoms with Crippen molar-refractivity contribution < 1.29 is 0 Å². The van der Waals surface area contributed by atoms with E-state index in [0.717, 1.165) is 28.1 Å². The highest BCUT2D eigenvalue weighted by atomic mass is 79.9. The van der Waals surface area contributed by atoms with Crippen LogP contribution in [-0.4, -0.2) is 9.38 Å². The molecule has 86 valence electrons. The third-order valence-electron chi connectivity index (χ3n) is 2.60.